The van der Waals surface area contributed by atoms with Gasteiger partial charge in [0.25, 0.3) is 15.9 Å². The number of carbonyl (C=O) groups is 1. The maximum Gasteiger partial charge on any atom is 0.262 e. The summed E-state index contributed by atoms with van der Waals surface area (Å²) in [6, 6.07) is 11.9. The molecule has 1 aliphatic rings. The third kappa shape index (κ3) is 4.79. The molecular weight excluding hydrogens is 374 g/mol. The number of sulfonamides is 1. The molecule has 3 N–H and O–H groups in total. The molecule has 1 amide bonds. The molecule has 7 heteroatoms. The molecule has 1 aliphatic heterocycles. The molecule has 28 heavy (non-hydrogen) atoms. The first-order valence-electron chi connectivity index (χ1n) is 9.23. The van der Waals surface area contributed by atoms with Crippen LogP contribution in [0.25, 0.3) is 0 Å². The molecule has 0 fully saturated rings. The molecule has 3 rings (SSSR count). The van der Waals surface area contributed by atoms with Crippen molar-refractivity contribution < 1.29 is 13.2 Å². The Hall–Kier alpha value is -2.64. The van der Waals surface area contributed by atoms with Crippen molar-refractivity contribution in [2.75, 3.05) is 24.4 Å². The highest BCUT2D eigenvalue weighted by atomic mass is 32.2. The first-order valence-corrected chi connectivity index (χ1v) is 10.7. The summed E-state index contributed by atoms with van der Waals surface area (Å²) in [5.41, 5.74) is 3.23. The van der Waals surface area contributed by atoms with Gasteiger partial charge in [0.15, 0.2) is 0 Å². The SMILES string of the molecule is Cc1ccc(C)c(S(=O)(=O)Nc2ccccc2C(=O)NCC2=CCNCC2)c1. The normalized spacial score (nSPS) is 14.3. The molecule has 0 bridgehead atoms. The lowest BCUT2D eigenvalue weighted by Gasteiger charge is -2.16. The number of rotatable bonds is 6. The monoisotopic (exact) mass is 399 g/mol. The minimum absolute atomic E-state index is 0.211. The molecule has 0 aromatic heterocycles. The van der Waals surface area contributed by atoms with Gasteiger partial charge < -0.3 is 10.6 Å². The van der Waals surface area contributed by atoms with Crippen LogP contribution in [0.3, 0.4) is 0 Å². The summed E-state index contributed by atoms with van der Waals surface area (Å²) in [7, 11) is -3.81. The van der Waals surface area contributed by atoms with E-state index >= 15 is 0 Å². The van der Waals surface area contributed by atoms with Gasteiger partial charge in [0, 0.05) is 13.1 Å². The number of benzene rings is 2. The van der Waals surface area contributed by atoms with Crippen LogP contribution in [-0.4, -0.2) is 34.0 Å². The van der Waals surface area contributed by atoms with Crippen molar-refractivity contribution in [2.45, 2.75) is 25.2 Å². The van der Waals surface area contributed by atoms with Gasteiger partial charge in [-0.3, -0.25) is 9.52 Å². The van der Waals surface area contributed by atoms with E-state index in [1.165, 1.54) is 5.57 Å². The summed E-state index contributed by atoms with van der Waals surface area (Å²) in [4.78, 5) is 12.9. The van der Waals surface area contributed by atoms with Gasteiger partial charge in [-0.05, 0) is 56.1 Å². The number of amides is 1. The van der Waals surface area contributed by atoms with E-state index in [0.29, 0.717) is 17.7 Å². The van der Waals surface area contributed by atoms with Crippen molar-refractivity contribution in [3.63, 3.8) is 0 Å². The van der Waals surface area contributed by atoms with Crippen LogP contribution in [0.2, 0.25) is 0 Å². The van der Waals surface area contributed by atoms with Crippen molar-refractivity contribution in [1.82, 2.24) is 10.6 Å². The number of anilines is 1. The summed E-state index contributed by atoms with van der Waals surface area (Å²) in [5, 5.41) is 6.11. The van der Waals surface area contributed by atoms with Gasteiger partial charge in [-0.2, -0.15) is 0 Å². The molecule has 0 saturated carbocycles. The minimum Gasteiger partial charge on any atom is -0.348 e. The van der Waals surface area contributed by atoms with Crippen LogP contribution < -0.4 is 15.4 Å². The van der Waals surface area contributed by atoms with Crippen LogP contribution in [0.1, 0.15) is 27.9 Å². The Morgan fingerprint density at radius 2 is 1.93 bits per heavy atom. The molecule has 148 valence electrons. The van der Waals surface area contributed by atoms with Gasteiger partial charge in [0.1, 0.15) is 0 Å². The predicted molar refractivity (Wildman–Crippen MR) is 111 cm³/mol. The molecule has 0 spiro atoms. The first-order chi connectivity index (χ1) is 13.4. The van der Waals surface area contributed by atoms with Gasteiger partial charge in [0.05, 0.1) is 16.1 Å². The molecule has 0 atom stereocenters. The van der Waals surface area contributed by atoms with E-state index in [1.54, 1.807) is 43.3 Å². The lowest BCUT2D eigenvalue weighted by atomic mass is 10.1. The summed E-state index contributed by atoms with van der Waals surface area (Å²) in [6.45, 7) is 5.75. The Morgan fingerprint density at radius 1 is 1.14 bits per heavy atom. The maximum absolute atomic E-state index is 12.9. The number of nitrogens with one attached hydrogen (secondary N) is 3. The molecule has 0 aliphatic carbocycles. The second-order valence-electron chi connectivity index (χ2n) is 6.92. The molecule has 1 heterocycles. The Balaban J connectivity index is 1.80. The first kappa shape index (κ1) is 20.1. The summed E-state index contributed by atoms with van der Waals surface area (Å²) >= 11 is 0. The Kier molecular flexibility index (Phi) is 6.16. The smallest absolute Gasteiger partial charge is 0.262 e. The summed E-state index contributed by atoms with van der Waals surface area (Å²) in [6.07, 6.45) is 2.96. The average Bonchev–Trinajstić information content (AvgIpc) is 2.69. The number of carbonyl (C=O) groups excluding carboxylic acids is 1. The summed E-state index contributed by atoms with van der Waals surface area (Å²) in [5.74, 6) is -0.307. The number of para-hydroxylation sites is 1. The predicted octanol–water partition coefficient (Wildman–Crippen LogP) is 2.75. The largest absolute Gasteiger partial charge is 0.348 e. The van der Waals surface area contributed by atoms with E-state index in [9.17, 15) is 13.2 Å². The van der Waals surface area contributed by atoms with Gasteiger partial charge in [0.2, 0.25) is 0 Å². The van der Waals surface area contributed by atoms with E-state index < -0.39 is 10.0 Å². The average molecular weight is 400 g/mol. The molecule has 0 radical (unpaired) electrons. The van der Waals surface area contributed by atoms with Crippen LogP contribution in [0.5, 0.6) is 0 Å². The second kappa shape index (κ2) is 8.58. The highest BCUT2D eigenvalue weighted by molar-refractivity contribution is 7.92. The number of hydrogen-bond donors (Lipinski definition) is 3. The Morgan fingerprint density at radius 3 is 2.68 bits per heavy atom. The molecule has 0 unspecified atom stereocenters. The molecule has 0 saturated heterocycles. The van der Waals surface area contributed by atoms with E-state index in [0.717, 1.165) is 25.1 Å². The zero-order valence-electron chi connectivity index (χ0n) is 16.1. The lowest BCUT2D eigenvalue weighted by Crippen LogP contribution is -2.30. The third-order valence-electron chi connectivity index (χ3n) is 4.68. The van der Waals surface area contributed by atoms with Gasteiger partial charge in [-0.15, -0.1) is 0 Å². The highest BCUT2D eigenvalue weighted by Gasteiger charge is 2.20. The zero-order valence-corrected chi connectivity index (χ0v) is 16.9. The van der Waals surface area contributed by atoms with Crippen LogP contribution in [-0.2, 0) is 10.0 Å². The lowest BCUT2D eigenvalue weighted by molar-refractivity contribution is 0.0957. The molecule has 2 aromatic rings. The number of aryl methyl sites for hydroxylation is 2. The van der Waals surface area contributed by atoms with Crippen molar-refractivity contribution >= 4 is 21.6 Å². The van der Waals surface area contributed by atoms with Gasteiger partial charge in [-0.1, -0.05) is 35.9 Å². The molecule has 2 aromatic carbocycles. The molecule has 6 nitrogen and oxygen atoms in total. The van der Waals surface area contributed by atoms with Crippen LogP contribution in [0.15, 0.2) is 59.0 Å². The fourth-order valence-corrected chi connectivity index (χ4v) is 4.50. The Labute approximate surface area is 166 Å². The quantitative estimate of drug-likeness (QED) is 0.652. The highest BCUT2D eigenvalue weighted by Crippen LogP contribution is 2.23. The van der Waals surface area contributed by atoms with E-state index in [1.807, 2.05) is 13.0 Å². The van der Waals surface area contributed by atoms with Crippen LogP contribution >= 0.6 is 0 Å². The van der Waals surface area contributed by atoms with Crippen molar-refractivity contribution in [3.8, 4) is 0 Å². The minimum atomic E-state index is -3.81. The summed E-state index contributed by atoms with van der Waals surface area (Å²) < 4.78 is 28.4. The number of hydrogen-bond acceptors (Lipinski definition) is 4. The molecular formula is C21H25N3O3S. The zero-order chi connectivity index (χ0) is 20.1. The topological polar surface area (TPSA) is 87.3 Å². The van der Waals surface area contributed by atoms with E-state index in [4.69, 9.17) is 0 Å². The van der Waals surface area contributed by atoms with E-state index in [2.05, 4.69) is 21.4 Å². The van der Waals surface area contributed by atoms with Gasteiger partial charge in [-0.25, -0.2) is 8.42 Å². The fourth-order valence-electron chi connectivity index (χ4n) is 3.09. The fraction of sp³-hybridized carbons (Fsp3) is 0.286. The third-order valence-corrected chi connectivity index (χ3v) is 6.19. The Bertz CT molecular complexity index is 1010. The van der Waals surface area contributed by atoms with Crippen molar-refractivity contribution in [2.24, 2.45) is 0 Å². The van der Waals surface area contributed by atoms with Crippen molar-refractivity contribution in [1.29, 1.82) is 0 Å². The van der Waals surface area contributed by atoms with E-state index in [-0.39, 0.29) is 16.5 Å². The second-order valence-corrected chi connectivity index (χ2v) is 8.57. The van der Waals surface area contributed by atoms with Crippen molar-refractivity contribution in [3.05, 3.63) is 70.8 Å². The standard InChI is InChI=1S/C21H25N3O3S/c1-15-7-8-16(2)20(13-15)28(26,27)24-19-6-4-3-5-18(19)21(25)23-14-17-9-11-22-12-10-17/h3-9,13,22,24H,10-12,14H2,1-2H3,(H,23,25). The maximum atomic E-state index is 12.9. The van der Waals surface area contributed by atoms with Crippen LogP contribution in [0, 0.1) is 13.8 Å². The van der Waals surface area contributed by atoms with Crippen LogP contribution in [0.4, 0.5) is 5.69 Å². The van der Waals surface area contributed by atoms with Gasteiger partial charge >= 0.3 is 0 Å².